The molecule has 22 heavy (non-hydrogen) atoms. The van der Waals surface area contributed by atoms with Gasteiger partial charge in [0.1, 0.15) is 11.6 Å². The van der Waals surface area contributed by atoms with Crippen LogP contribution in [0.5, 0.6) is 0 Å². The van der Waals surface area contributed by atoms with E-state index in [1.807, 2.05) is 6.20 Å². The Balaban J connectivity index is 1.65. The molecule has 0 spiro atoms. The summed E-state index contributed by atoms with van der Waals surface area (Å²) >= 11 is 0. The lowest BCUT2D eigenvalue weighted by Gasteiger charge is -2.35. The van der Waals surface area contributed by atoms with Gasteiger partial charge in [-0.05, 0) is 31.7 Å². The molecule has 7 heteroatoms. The maximum absolute atomic E-state index is 5.91. The lowest BCUT2D eigenvalue weighted by molar-refractivity contribution is 0.496. The van der Waals surface area contributed by atoms with E-state index in [9.17, 15) is 0 Å². The van der Waals surface area contributed by atoms with Gasteiger partial charge < -0.3 is 16.0 Å². The van der Waals surface area contributed by atoms with Gasteiger partial charge in [0.15, 0.2) is 0 Å². The molecule has 4 rings (SSSR count). The van der Waals surface area contributed by atoms with Crippen LogP contribution in [0.1, 0.15) is 36.4 Å². The maximum Gasteiger partial charge on any atom is 0.223 e. The van der Waals surface area contributed by atoms with Crippen LogP contribution in [-0.2, 0) is 6.42 Å². The van der Waals surface area contributed by atoms with E-state index in [1.54, 1.807) is 0 Å². The zero-order valence-corrected chi connectivity index (χ0v) is 12.5. The van der Waals surface area contributed by atoms with Gasteiger partial charge in [0, 0.05) is 43.0 Å². The number of hydrogen-bond acceptors (Lipinski definition) is 6. The van der Waals surface area contributed by atoms with Gasteiger partial charge in [0.2, 0.25) is 5.95 Å². The van der Waals surface area contributed by atoms with Crippen molar-refractivity contribution in [2.24, 2.45) is 0 Å². The minimum absolute atomic E-state index is 0.354. The third-order valence-electron chi connectivity index (χ3n) is 4.58. The number of nitrogens with zero attached hydrogens (tertiary/aromatic N) is 4. The quantitative estimate of drug-likeness (QED) is 0.778. The van der Waals surface area contributed by atoms with Gasteiger partial charge in [-0.15, -0.1) is 0 Å². The second-order valence-electron chi connectivity index (χ2n) is 6.06. The molecule has 2 aromatic heterocycles. The molecule has 0 saturated carbocycles. The molecule has 4 heterocycles. The Morgan fingerprint density at radius 2 is 2.23 bits per heavy atom. The lowest BCUT2D eigenvalue weighted by Crippen LogP contribution is -2.36. The molecule has 2 aliphatic rings. The van der Waals surface area contributed by atoms with E-state index in [4.69, 9.17) is 5.73 Å². The fourth-order valence-electron chi connectivity index (χ4n) is 3.52. The van der Waals surface area contributed by atoms with Crippen molar-refractivity contribution in [2.75, 3.05) is 35.6 Å². The molecular weight excluding hydrogens is 278 g/mol. The Morgan fingerprint density at radius 1 is 1.27 bits per heavy atom. The molecule has 2 aromatic rings. The summed E-state index contributed by atoms with van der Waals surface area (Å²) in [5.74, 6) is 2.75. The third kappa shape index (κ3) is 2.36. The summed E-state index contributed by atoms with van der Waals surface area (Å²) < 4.78 is 0. The highest BCUT2D eigenvalue weighted by Crippen LogP contribution is 2.34. The standard InChI is InChI=1S/C15H21N7/c16-15-19-13-11(4-1-6-17-13)14(20-15)22-8-2-3-10(9-22)12-5-7-18-21-12/h5,7,10H,1-4,6,8-9H2,(H,18,21)(H3,16,17,19,20). The number of H-pyrrole nitrogens is 1. The van der Waals surface area contributed by atoms with Crippen LogP contribution in [-0.4, -0.2) is 39.8 Å². The second kappa shape index (κ2) is 5.47. The van der Waals surface area contributed by atoms with Gasteiger partial charge in [0.05, 0.1) is 0 Å². The van der Waals surface area contributed by atoms with Gasteiger partial charge >= 0.3 is 0 Å². The van der Waals surface area contributed by atoms with Gasteiger partial charge in [0.25, 0.3) is 0 Å². The van der Waals surface area contributed by atoms with Crippen LogP contribution in [0.2, 0.25) is 0 Å². The van der Waals surface area contributed by atoms with E-state index in [-0.39, 0.29) is 0 Å². The molecule has 1 atom stereocenters. The van der Waals surface area contributed by atoms with Gasteiger partial charge in [-0.2, -0.15) is 15.1 Å². The number of rotatable bonds is 2. The molecule has 0 radical (unpaired) electrons. The predicted molar refractivity (Wildman–Crippen MR) is 86.0 cm³/mol. The van der Waals surface area contributed by atoms with Crippen LogP contribution in [0.3, 0.4) is 0 Å². The summed E-state index contributed by atoms with van der Waals surface area (Å²) in [5, 5.41) is 10.5. The third-order valence-corrected chi connectivity index (χ3v) is 4.58. The van der Waals surface area contributed by atoms with Gasteiger partial charge in [-0.25, -0.2) is 0 Å². The highest BCUT2D eigenvalue weighted by Gasteiger charge is 2.27. The Kier molecular flexibility index (Phi) is 3.32. The lowest BCUT2D eigenvalue weighted by atomic mass is 9.94. The number of anilines is 3. The number of fused-ring (bicyclic) bond motifs is 1. The Bertz CT molecular complexity index is 652. The summed E-state index contributed by atoms with van der Waals surface area (Å²) in [4.78, 5) is 11.3. The first-order valence-electron chi connectivity index (χ1n) is 7.96. The van der Waals surface area contributed by atoms with E-state index in [0.717, 1.165) is 50.5 Å². The molecule has 0 bridgehead atoms. The molecule has 0 aliphatic carbocycles. The largest absolute Gasteiger partial charge is 0.370 e. The Labute approximate surface area is 129 Å². The van der Waals surface area contributed by atoms with Crippen molar-refractivity contribution in [1.29, 1.82) is 0 Å². The van der Waals surface area contributed by atoms with E-state index in [2.05, 4.69) is 36.4 Å². The SMILES string of the molecule is Nc1nc2c(c(N3CCCC(c4ccn[nH]4)C3)n1)CCCN2. The number of aromatic amines is 1. The smallest absolute Gasteiger partial charge is 0.223 e. The highest BCUT2D eigenvalue weighted by atomic mass is 15.2. The fourth-order valence-corrected chi connectivity index (χ4v) is 3.52. The van der Waals surface area contributed by atoms with Crippen molar-refractivity contribution < 1.29 is 0 Å². The summed E-state index contributed by atoms with van der Waals surface area (Å²) in [6.07, 6.45) is 6.28. The van der Waals surface area contributed by atoms with Crippen LogP contribution in [0.15, 0.2) is 12.3 Å². The average Bonchev–Trinajstić information content (AvgIpc) is 3.09. The average molecular weight is 299 g/mol. The molecule has 1 fully saturated rings. The van der Waals surface area contributed by atoms with Crippen molar-refractivity contribution in [1.82, 2.24) is 20.2 Å². The molecule has 0 aromatic carbocycles. The van der Waals surface area contributed by atoms with E-state index in [0.29, 0.717) is 11.9 Å². The molecule has 2 aliphatic heterocycles. The summed E-state index contributed by atoms with van der Waals surface area (Å²) in [7, 11) is 0. The van der Waals surface area contributed by atoms with E-state index in [1.165, 1.54) is 17.7 Å². The Morgan fingerprint density at radius 3 is 3.09 bits per heavy atom. The first-order valence-corrected chi connectivity index (χ1v) is 7.96. The summed E-state index contributed by atoms with van der Waals surface area (Å²) in [6.45, 7) is 2.93. The molecule has 1 saturated heterocycles. The van der Waals surface area contributed by atoms with Crippen molar-refractivity contribution >= 4 is 17.6 Å². The number of hydrogen-bond donors (Lipinski definition) is 3. The van der Waals surface area contributed by atoms with Crippen molar-refractivity contribution in [3.8, 4) is 0 Å². The number of aromatic nitrogens is 4. The van der Waals surface area contributed by atoms with Crippen LogP contribution in [0, 0.1) is 0 Å². The monoisotopic (exact) mass is 299 g/mol. The zero-order chi connectivity index (χ0) is 14.9. The predicted octanol–water partition coefficient (Wildman–Crippen LogP) is 1.52. The van der Waals surface area contributed by atoms with Crippen LogP contribution < -0.4 is 16.0 Å². The maximum atomic E-state index is 5.91. The molecular formula is C15H21N7. The molecule has 4 N–H and O–H groups in total. The second-order valence-corrected chi connectivity index (χ2v) is 6.06. The fraction of sp³-hybridized carbons (Fsp3) is 0.533. The molecule has 0 amide bonds. The minimum atomic E-state index is 0.354. The minimum Gasteiger partial charge on any atom is -0.370 e. The van der Waals surface area contributed by atoms with Crippen LogP contribution in [0.4, 0.5) is 17.6 Å². The topological polar surface area (TPSA) is 95.8 Å². The molecule has 116 valence electrons. The number of nitrogen functional groups attached to an aromatic ring is 1. The molecule has 1 unspecified atom stereocenters. The van der Waals surface area contributed by atoms with Crippen molar-refractivity contribution in [2.45, 2.75) is 31.6 Å². The zero-order valence-electron chi connectivity index (χ0n) is 12.5. The van der Waals surface area contributed by atoms with Crippen LogP contribution in [0.25, 0.3) is 0 Å². The number of nitrogens with two attached hydrogens (primary N) is 1. The van der Waals surface area contributed by atoms with Gasteiger partial charge in [-0.3, -0.25) is 5.10 Å². The number of nitrogens with one attached hydrogen (secondary N) is 2. The first kappa shape index (κ1) is 13.4. The van der Waals surface area contributed by atoms with Crippen LogP contribution >= 0.6 is 0 Å². The first-order chi connectivity index (χ1) is 10.8. The molecule has 7 nitrogen and oxygen atoms in total. The van der Waals surface area contributed by atoms with Crippen molar-refractivity contribution in [3.05, 3.63) is 23.5 Å². The summed E-state index contributed by atoms with van der Waals surface area (Å²) in [6, 6.07) is 2.07. The normalized spacial score (nSPS) is 21.3. The van der Waals surface area contributed by atoms with E-state index >= 15 is 0 Å². The van der Waals surface area contributed by atoms with Gasteiger partial charge in [-0.1, -0.05) is 0 Å². The van der Waals surface area contributed by atoms with Crippen molar-refractivity contribution in [3.63, 3.8) is 0 Å². The van der Waals surface area contributed by atoms with E-state index < -0.39 is 0 Å². The number of piperidine rings is 1. The highest BCUT2D eigenvalue weighted by molar-refractivity contribution is 5.63. The Hall–Kier alpha value is -2.31. The summed E-state index contributed by atoms with van der Waals surface area (Å²) in [5.41, 5.74) is 8.33.